The van der Waals surface area contributed by atoms with Crippen molar-refractivity contribution in [2.24, 2.45) is 0 Å². The van der Waals surface area contributed by atoms with Crippen molar-refractivity contribution in [2.45, 2.75) is 12.8 Å². The molecule has 0 aliphatic rings. The molecule has 0 fully saturated rings. The van der Waals surface area contributed by atoms with E-state index >= 15 is 0 Å². The summed E-state index contributed by atoms with van der Waals surface area (Å²) in [5.74, 6) is 1.61. The van der Waals surface area contributed by atoms with Crippen molar-refractivity contribution >= 4 is 0 Å². The minimum atomic E-state index is 0.422. The fourth-order valence-electron chi connectivity index (χ4n) is 2.48. The number of benzene rings is 1. The zero-order valence-electron chi connectivity index (χ0n) is 14.1. The Labute approximate surface area is 149 Å². The van der Waals surface area contributed by atoms with Gasteiger partial charge in [-0.25, -0.2) is 4.98 Å². The van der Waals surface area contributed by atoms with Gasteiger partial charge in [-0.3, -0.25) is 0 Å². The molecule has 4 aromatic rings. The Hall–Kier alpha value is -3.55. The number of rotatable bonds is 6. The number of methoxy groups -OCH3 is 1. The van der Waals surface area contributed by atoms with Crippen LogP contribution >= 0.6 is 0 Å². The Morgan fingerprint density at radius 3 is 2.69 bits per heavy atom. The quantitative estimate of drug-likeness (QED) is 0.527. The van der Waals surface area contributed by atoms with Crippen molar-refractivity contribution in [2.75, 3.05) is 7.11 Å². The molecule has 0 aliphatic heterocycles. The molecule has 0 unspecified atom stereocenters. The first-order valence-electron chi connectivity index (χ1n) is 8.08. The molecule has 8 heteroatoms. The second-order valence-corrected chi connectivity index (χ2v) is 5.59. The molecule has 0 radical (unpaired) electrons. The molecule has 0 N–H and O–H groups in total. The smallest absolute Gasteiger partial charge is 0.232 e. The molecule has 0 amide bonds. The lowest BCUT2D eigenvalue weighted by atomic mass is 10.2. The van der Waals surface area contributed by atoms with Gasteiger partial charge in [0.1, 0.15) is 0 Å². The summed E-state index contributed by atoms with van der Waals surface area (Å²) in [4.78, 5) is 10.3. The Morgan fingerprint density at radius 1 is 0.962 bits per heavy atom. The third-order valence-corrected chi connectivity index (χ3v) is 3.70. The summed E-state index contributed by atoms with van der Waals surface area (Å²) < 4.78 is 10.4. The molecular weight excluding hydrogens is 332 g/mol. The summed E-state index contributed by atoms with van der Waals surface area (Å²) in [6.07, 6.45) is 2.59. The van der Waals surface area contributed by atoms with E-state index < -0.39 is 0 Å². The number of nitrogens with zero attached hydrogens (tertiary/aromatic N) is 6. The molecule has 0 saturated heterocycles. The Balaban J connectivity index is 1.44. The number of hydrogen-bond donors (Lipinski definition) is 0. The van der Waals surface area contributed by atoms with Crippen LogP contribution in [0.2, 0.25) is 0 Å². The van der Waals surface area contributed by atoms with Crippen LogP contribution in [0.3, 0.4) is 0 Å². The molecule has 3 aromatic heterocycles. The van der Waals surface area contributed by atoms with E-state index in [9.17, 15) is 0 Å². The lowest BCUT2D eigenvalue weighted by molar-refractivity contribution is 0.378. The summed E-state index contributed by atoms with van der Waals surface area (Å²) in [6.45, 7) is 0. The van der Waals surface area contributed by atoms with Gasteiger partial charge in [0.15, 0.2) is 5.82 Å². The third kappa shape index (κ3) is 3.59. The third-order valence-electron chi connectivity index (χ3n) is 3.70. The van der Waals surface area contributed by atoms with Crippen molar-refractivity contribution in [1.82, 2.24) is 30.1 Å². The largest absolute Gasteiger partial charge is 0.481 e. The molecule has 130 valence electrons. The van der Waals surface area contributed by atoms with E-state index in [1.54, 1.807) is 24.2 Å². The number of para-hydroxylation sites is 1. The average molecular weight is 348 g/mol. The van der Waals surface area contributed by atoms with Gasteiger partial charge in [-0.05, 0) is 18.2 Å². The van der Waals surface area contributed by atoms with Crippen molar-refractivity contribution in [3.05, 3.63) is 77.8 Å². The number of hydrogen-bond acceptors (Lipinski definition) is 7. The highest BCUT2D eigenvalue weighted by Crippen LogP contribution is 2.12. The number of pyridine rings is 1. The minimum Gasteiger partial charge on any atom is -0.481 e. The minimum absolute atomic E-state index is 0.422. The summed E-state index contributed by atoms with van der Waals surface area (Å²) in [5, 5.41) is 12.7. The van der Waals surface area contributed by atoms with Gasteiger partial charge < -0.3 is 9.26 Å². The van der Waals surface area contributed by atoms with Crippen LogP contribution in [0.1, 0.15) is 23.1 Å². The topological polar surface area (TPSA) is 91.8 Å². The van der Waals surface area contributed by atoms with Crippen LogP contribution in [0.15, 0.2) is 59.3 Å². The van der Waals surface area contributed by atoms with E-state index in [2.05, 4.69) is 25.3 Å². The first kappa shape index (κ1) is 15.9. The van der Waals surface area contributed by atoms with E-state index in [1.165, 1.54) is 0 Å². The maximum Gasteiger partial charge on any atom is 0.232 e. The van der Waals surface area contributed by atoms with Gasteiger partial charge in [0.2, 0.25) is 11.8 Å². The van der Waals surface area contributed by atoms with Crippen LogP contribution < -0.4 is 4.74 Å². The molecule has 0 aliphatic carbocycles. The first-order valence-corrected chi connectivity index (χ1v) is 8.08. The predicted octanol–water partition coefficient (Wildman–Crippen LogP) is 2.24. The highest BCUT2D eigenvalue weighted by molar-refractivity contribution is 5.28. The molecule has 4 rings (SSSR count). The van der Waals surface area contributed by atoms with E-state index in [1.807, 2.05) is 42.5 Å². The maximum atomic E-state index is 5.32. The fraction of sp³-hybridized carbons (Fsp3) is 0.167. The van der Waals surface area contributed by atoms with Gasteiger partial charge in [0.05, 0.1) is 43.2 Å². The molecule has 0 spiro atoms. The molecule has 8 nitrogen and oxygen atoms in total. The van der Waals surface area contributed by atoms with E-state index in [-0.39, 0.29) is 0 Å². The van der Waals surface area contributed by atoms with Crippen LogP contribution in [0, 0.1) is 0 Å². The van der Waals surface area contributed by atoms with Crippen LogP contribution in [-0.4, -0.2) is 37.2 Å². The van der Waals surface area contributed by atoms with Crippen molar-refractivity contribution in [3.8, 4) is 11.6 Å². The van der Waals surface area contributed by atoms with Gasteiger partial charge in [-0.2, -0.15) is 20.0 Å². The zero-order valence-corrected chi connectivity index (χ0v) is 14.1. The molecule has 0 bridgehead atoms. The Kier molecular flexibility index (Phi) is 4.38. The Morgan fingerprint density at radius 2 is 1.85 bits per heavy atom. The molecule has 1 aromatic carbocycles. The lowest BCUT2D eigenvalue weighted by Gasteiger charge is -2.00. The predicted molar refractivity (Wildman–Crippen MR) is 92.1 cm³/mol. The van der Waals surface area contributed by atoms with Crippen molar-refractivity contribution in [3.63, 3.8) is 0 Å². The van der Waals surface area contributed by atoms with Crippen LogP contribution in [0.4, 0.5) is 0 Å². The maximum absolute atomic E-state index is 5.32. The first-order chi connectivity index (χ1) is 12.8. The van der Waals surface area contributed by atoms with Gasteiger partial charge in [-0.15, -0.1) is 0 Å². The summed E-state index contributed by atoms with van der Waals surface area (Å²) >= 11 is 0. The van der Waals surface area contributed by atoms with Crippen molar-refractivity contribution < 1.29 is 9.26 Å². The second kappa shape index (κ2) is 7.14. The Bertz CT molecular complexity index is 996. The van der Waals surface area contributed by atoms with Crippen molar-refractivity contribution in [1.29, 1.82) is 0 Å². The summed E-state index contributed by atoms with van der Waals surface area (Å²) in [6, 6.07) is 15.3. The molecule has 0 saturated carbocycles. The number of aromatic nitrogens is 6. The number of ether oxygens (including phenoxy) is 1. The van der Waals surface area contributed by atoms with Crippen LogP contribution in [0.5, 0.6) is 5.88 Å². The van der Waals surface area contributed by atoms with Gasteiger partial charge in [0, 0.05) is 6.07 Å². The van der Waals surface area contributed by atoms with Gasteiger partial charge >= 0.3 is 0 Å². The van der Waals surface area contributed by atoms with Crippen LogP contribution in [-0.2, 0) is 12.8 Å². The second-order valence-electron chi connectivity index (χ2n) is 5.59. The summed E-state index contributed by atoms with van der Waals surface area (Å²) in [7, 11) is 1.58. The van der Waals surface area contributed by atoms with E-state index in [0.717, 1.165) is 17.1 Å². The standard InChI is InChI=1S/C18H16N6O2/c1-25-17-9-5-6-13(20-17)10-16-21-18(26-23-16)11-14-12-19-24(22-14)15-7-3-2-4-8-15/h2-9,12H,10-11H2,1H3. The highest BCUT2D eigenvalue weighted by atomic mass is 16.5. The summed E-state index contributed by atoms with van der Waals surface area (Å²) in [5.41, 5.74) is 2.46. The van der Waals surface area contributed by atoms with Crippen LogP contribution in [0.25, 0.3) is 5.69 Å². The average Bonchev–Trinajstić information content (AvgIpc) is 3.33. The fourth-order valence-corrected chi connectivity index (χ4v) is 2.48. The van der Waals surface area contributed by atoms with E-state index in [0.29, 0.717) is 30.4 Å². The normalized spacial score (nSPS) is 10.8. The SMILES string of the molecule is COc1cccc(Cc2noc(Cc3cnn(-c4ccccc4)n3)n2)n1. The zero-order chi connectivity index (χ0) is 17.8. The molecule has 26 heavy (non-hydrogen) atoms. The lowest BCUT2D eigenvalue weighted by Crippen LogP contribution is -1.99. The molecular formula is C18H16N6O2. The van der Waals surface area contributed by atoms with Gasteiger partial charge in [-0.1, -0.05) is 29.4 Å². The van der Waals surface area contributed by atoms with E-state index in [4.69, 9.17) is 9.26 Å². The highest BCUT2D eigenvalue weighted by Gasteiger charge is 2.11. The molecule has 0 atom stereocenters. The molecule has 3 heterocycles. The van der Waals surface area contributed by atoms with Gasteiger partial charge in [0.25, 0.3) is 0 Å². The monoisotopic (exact) mass is 348 g/mol.